The van der Waals surface area contributed by atoms with Crippen molar-refractivity contribution >= 4 is 65.0 Å². The Morgan fingerprint density at radius 3 is 1.75 bits per heavy atom. The number of nitrogens with zero attached hydrogens (tertiary/aromatic N) is 3. The summed E-state index contributed by atoms with van der Waals surface area (Å²) in [5.74, 6) is 0. The first-order chi connectivity index (χ1) is 23.7. The van der Waals surface area contributed by atoms with Gasteiger partial charge in [0.25, 0.3) is 0 Å². The van der Waals surface area contributed by atoms with Gasteiger partial charge in [-0.3, -0.25) is 0 Å². The standard InChI is InChI=1S/C43H27N3S2/c44-26-27-9-10-33-22-34(20-19-32(33)21-27)37-24-35(28-11-15-30(16-12-28)42-45-38-5-1-3-7-40(38)47-42)23-36(25-37)29-13-17-31(18-14-29)43-46-39-6-2-4-8-41(39)48-43/h1-13,15-17,19-25H,14,18H2. The number of allylic oxidation sites excluding steroid dienone is 4. The van der Waals surface area contributed by atoms with E-state index in [1.54, 1.807) is 22.7 Å². The lowest BCUT2D eigenvalue weighted by molar-refractivity contribution is 1.07. The van der Waals surface area contributed by atoms with Crippen molar-refractivity contribution in [3.63, 3.8) is 0 Å². The molecule has 0 fully saturated rings. The molecule has 0 saturated heterocycles. The van der Waals surface area contributed by atoms with Crippen LogP contribution in [0.4, 0.5) is 0 Å². The number of hydrogen-bond donors (Lipinski definition) is 0. The van der Waals surface area contributed by atoms with Crippen molar-refractivity contribution in [1.29, 1.82) is 5.26 Å². The molecule has 5 heteroatoms. The SMILES string of the molecule is N#Cc1ccc2cc(-c3cc(C4=CC=C(c5nc6ccccc6s5)CC4)cc(-c4ccc(-c5nc6ccccc6s5)cc4)c3)ccc2c1. The van der Waals surface area contributed by atoms with Gasteiger partial charge in [-0.15, -0.1) is 22.7 Å². The van der Waals surface area contributed by atoms with E-state index in [0.29, 0.717) is 5.56 Å². The maximum Gasteiger partial charge on any atom is 0.124 e. The van der Waals surface area contributed by atoms with E-state index < -0.39 is 0 Å². The van der Waals surface area contributed by atoms with Crippen LogP contribution in [0.1, 0.15) is 29.0 Å². The molecular weight excluding hydrogens is 623 g/mol. The van der Waals surface area contributed by atoms with Crippen LogP contribution in [-0.4, -0.2) is 9.97 Å². The van der Waals surface area contributed by atoms with Crippen molar-refractivity contribution < 1.29 is 0 Å². The fourth-order valence-corrected chi connectivity index (χ4v) is 8.50. The van der Waals surface area contributed by atoms with Crippen LogP contribution in [0.3, 0.4) is 0 Å². The van der Waals surface area contributed by atoms with Gasteiger partial charge in [-0.05, 0) is 123 Å². The predicted octanol–water partition coefficient (Wildman–Crippen LogP) is 12.2. The molecule has 226 valence electrons. The highest BCUT2D eigenvalue weighted by atomic mass is 32.1. The first-order valence-corrected chi connectivity index (χ1v) is 17.6. The van der Waals surface area contributed by atoms with Gasteiger partial charge in [0.1, 0.15) is 10.0 Å². The second kappa shape index (κ2) is 11.8. The Labute approximate surface area is 286 Å². The normalized spacial score (nSPS) is 13.1. The van der Waals surface area contributed by atoms with Crippen molar-refractivity contribution in [2.45, 2.75) is 12.8 Å². The topological polar surface area (TPSA) is 49.6 Å². The number of benzene rings is 6. The van der Waals surface area contributed by atoms with Crippen molar-refractivity contribution in [3.8, 4) is 38.9 Å². The minimum absolute atomic E-state index is 0.677. The predicted molar refractivity (Wildman–Crippen MR) is 203 cm³/mol. The Morgan fingerprint density at radius 1 is 0.479 bits per heavy atom. The van der Waals surface area contributed by atoms with E-state index in [9.17, 15) is 5.26 Å². The molecule has 1 aliphatic rings. The van der Waals surface area contributed by atoms with E-state index in [2.05, 4.69) is 121 Å². The fourth-order valence-electron chi connectivity index (χ4n) is 6.51. The number of nitriles is 1. The summed E-state index contributed by atoms with van der Waals surface area (Å²) in [5.41, 5.74) is 12.5. The molecule has 3 nitrogen and oxygen atoms in total. The molecule has 9 rings (SSSR count). The molecule has 8 aromatic rings. The summed E-state index contributed by atoms with van der Waals surface area (Å²) in [5, 5.41) is 13.7. The summed E-state index contributed by atoms with van der Waals surface area (Å²) in [4.78, 5) is 9.79. The van der Waals surface area contributed by atoms with Crippen molar-refractivity contribution in [1.82, 2.24) is 9.97 Å². The van der Waals surface area contributed by atoms with Gasteiger partial charge >= 0.3 is 0 Å². The molecule has 0 bridgehead atoms. The van der Waals surface area contributed by atoms with E-state index in [-0.39, 0.29) is 0 Å². The Bertz CT molecular complexity index is 2560. The lowest BCUT2D eigenvalue weighted by Gasteiger charge is -2.17. The number of rotatable bonds is 5. The molecule has 0 amide bonds. The summed E-state index contributed by atoms with van der Waals surface area (Å²) in [6.07, 6.45) is 6.46. The minimum atomic E-state index is 0.677. The molecule has 1 aliphatic carbocycles. The number of thiazole rings is 2. The molecule has 0 radical (unpaired) electrons. The number of hydrogen-bond acceptors (Lipinski definition) is 5. The van der Waals surface area contributed by atoms with Crippen LogP contribution in [0.2, 0.25) is 0 Å². The first kappa shape index (κ1) is 28.5. The zero-order valence-corrected chi connectivity index (χ0v) is 27.5. The molecule has 0 N–H and O–H groups in total. The molecule has 0 unspecified atom stereocenters. The third-order valence-corrected chi connectivity index (χ3v) is 11.3. The molecule has 6 aromatic carbocycles. The summed E-state index contributed by atoms with van der Waals surface area (Å²) in [6, 6.07) is 47.1. The Morgan fingerprint density at radius 2 is 1.04 bits per heavy atom. The second-order valence-corrected chi connectivity index (χ2v) is 14.2. The van der Waals surface area contributed by atoms with Crippen LogP contribution in [-0.2, 0) is 0 Å². The quantitative estimate of drug-likeness (QED) is 0.186. The average Bonchev–Trinajstić information content (AvgIpc) is 3.79. The highest BCUT2D eigenvalue weighted by molar-refractivity contribution is 7.21. The van der Waals surface area contributed by atoms with Crippen LogP contribution in [0, 0.1) is 11.3 Å². The summed E-state index contributed by atoms with van der Waals surface area (Å²) < 4.78 is 2.43. The van der Waals surface area contributed by atoms with Gasteiger partial charge in [0, 0.05) is 5.56 Å². The first-order valence-electron chi connectivity index (χ1n) is 16.0. The van der Waals surface area contributed by atoms with Crippen molar-refractivity contribution in [2.75, 3.05) is 0 Å². The molecule has 0 saturated carbocycles. The molecule has 2 heterocycles. The van der Waals surface area contributed by atoms with Gasteiger partial charge in [-0.2, -0.15) is 5.26 Å². The van der Waals surface area contributed by atoms with Gasteiger partial charge in [-0.1, -0.05) is 78.9 Å². The van der Waals surface area contributed by atoms with E-state index in [1.165, 1.54) is 42.8 Å². The number of fused-ring (bicyclic) bond motifs is 3. The molecule has 0 atom stereocenters. The lowest BCUT2D eigenvalue weighted by Crippen LogP contribution is -1.95. The smallest absolute Gasteiger partial charge is 0.124 e. The Hall–Kier alpha value is -5.67. The third-order valence-electron chi connectivity index (χ3n) is 9.08. The zero-order valence-electron chi connectivity index (χ0n) is 25.9. The van der Waals surface area contributed by atoms with Crippen LogP contribution in [0.25, 0.3) is 75.2 Å². The van der Waals surface area contributed by atoms with E-state index in [4.69, 9.17) is 9.97 Å². The van der Waals surface area contributed by atoms with E-state index >= 15 is 0 Å². The molecule has 2 aromatic heterocycles. The summed E-state index contributed by atoms with van der Waals surface area (Å²) >= 11 is 3.50. The Balaban J connectivity index is 1.12. The average molecular weight is 650 g/mol. The van der Waals surface area contributed by atoms with Gasteiger partial charge < -0.3 is 0 Å². The monoisotopic (exact) mass is 649 g/mol. The number of para-hydroxylation sites is 2. The maximum absolute atomic E-state index is 9.39. The highest BCUT2D eigenvalue weighted by Crippen LogP contribution is 2.39. The molecule has 48 heavy (non-hydrogen) atoms. The lowest BCUT2D eigenvalue weighted by atomic mass is 9.88. The number of aromatic nitrogens is 2. The van der Waals surface area contributed by atoms with Crippen LogP contribution in [0.5, 0.6) is 0 Å². The van der Waals surface area contributed by atoms with Crippen LogP contribution < -0.4 is 0 Å². The minimum Gasteiger partial charge on any atom is -0.236 e. The summed E-state index contributed by atoms with van der Waals surface area (Å²) in [6.45, 7) is 0. The van der Waals surface area contributed by atoms with Crippen molar-refractivity contribution in [3.05, 3.63) is 156 Å². The largest absolute Gasteiger partial charge is 0.236 e. The van der Waals surface area contributed by atoms with Gasteiger partial charge in [0.15, 0.2) is 0 Å². The molecular formula is C43H27N3S2. The van der Waals surface area contributed by atoms with Gasteiger partial charge in [-0.25, -0.2) is 9.97 Å². The highest BCUT2D eigenvalue weighted by Gasteiger charge is 2.16. The van der Waals surface area contributed by atoms with Gasteiger partial charge in [0.2, 0.25) is 0 Å². The third kappa shape index (κ3) is 5.32. The Kier molecular flexibility index (Phi) is 7.04. The van der Waals surface area contributed by atoms with E-state index in [0.717, 1.165) is 55.8 Å². The fraction of sp³-hybridized carbons (Fsp3) is 0.0465. The second-order valence-electron chi connectivity index (χ2n) is 12.1. The van der Waals surface area contributed by atoms with Crippen LogP contribution >= 0.6 is 22.7 Å². The van der Waals surface area contributed by atoms with Gasteiger partial charge in [0.05, 0.1) is 32.1 Å². The van der Waals surface area contributed by atoms with Crippen LogP contribution in [0.15, 0.2) is 140 Å². The zero-order chi connectivity index (χ0) is 32.0. The summed E-state index contributed by atoms with van der Waals surface area (Å²) in [7, 11) is 0. The van der Waals surface area contributed by atoms with Crippen molar-refractivity contribution in [2.24, 2.45) is 0 Å². The molecule has 0 aliphatic heterocycles. The van der Waals surface area contributed by atoms with E-state index in [1.807, 2.05) is 24.3 Å². The molecule has 0 spiro atoms. The maximum atomic E-state index is 9.39.